The molecule has 0 aliphatic carbocycles. The highest BCUT2D eigenvalue weighted by Crippen LogP contribution is 2.27. The highest BCUT2D eigenvalue weighted by atomic mass is 32.2. The van der Waals surface area contributed by atoms with E-state index in [4.69, 9.17) is 4.74 Å². The lowest BCUT2D eigenvalue weighted by Gasteiger charge is -2.14. The van der Waals surface area contributed by atoms with Crippen molar-refractivity contribution in [1.29, 1.82) is 0 Å². The van der Waals surface area contributed by atoms with E-state index in [1.54, 1.807) is 74.6 Å². The number of sulfonamides is 1. The molecule has 3 aromatic rings. The van der Waals surface area contributed by atoms with Gasteiger partial charge in [0.15, 0.2) is 0 Å². The van der Waals surface area contributed by atoms with Crippen molar-refractivity contribution in [2.75, 3.05) is 18.9 Å². The second kappa shape index (κ2) is 10.2. The van der Waals surface area contributed by atoms with Crippen LogP contribution in [-0.2, 0) is 16.6 Å². The van der Waals surface area contributed by atoms with Crippen molar-refractivity contribution in [1.82, 2.24) is 10.6 Å². The van der Waals surface area contributed by atoms with E-state index in [0.29, 0.717) is 22.6 Å². The number of hydrogen-bond donors (Lipinski definition) is 3. The van der Waals surface area contributed by atoms with Crippen LogP contribution >= 0.6 is 0 Å². The molecule has 0 aliphatic rings. The molecule has 2 amide bonds. The van der Waals surface area contributed by atoms with Crippen molar-refractivity contribution in [3.63, 3.8) is 0 Å². The van der Waals surface area contributed by atoms with Crippen molar-refractivity contribution in [2.24, 2.45) is 0 Å². The van der Waals surface area contributed by atoms with Crippen LogP contribution in [0.4, 0.5) is 5.69 Å². The molecular weight excluding hydrogens is 442 g/mol. The number of benzene rings is 3. The Bertz CT molecular complexity index is 1290. The molecule has 0 spiro atoms. The Morgan fingerprint density at radius 3 is 2.36 bits per heavy atom. The van der Waals surface area contributed by atoms with Gasteiger partial charge in [-0.3, -0.25) is 14.3 Å². The molecule has 0 unspecified atom stereocenters. The lowest BCUT2D eigenvalue weighted by molar-refractivity contribution is 0.0948. The molecule has 0 fully saturated rings. The predicted molar refractivity (Wildman–Crippen MR) is 126 cm³/mol. The number of methoxy groups -OCH3 is 1. The third-order valence-corrected chi connectivity index (χ3v) is 6.47. The summed E-state index contributed by atoms with van der Waals surface area (Å²) in [6, 6.07) is 18.0. The molecule has 0 saturated heterocycles. The number of nitrogens with one attached hydrogen (secondary N) is 3. The summed E-state index contributed by atoms with van der Waals surface area (Å²) in [4.78, 5) is 24.5. The molecule has 3 N–H and O–H groups in total. The summed E-state index contributed by atoms with van der Waals surface area (Å²) >= 11 is 0. The summed E-state index contributed by atoms with van der Waals surface area (Å²) in [6.07, 6.45) is 0. The normalized spacial score (nSPS) is 10.9. The second-order valence-electron chi connectivity index (χ2n) is 7.25. The maximum Gasteiger partial charge on any atom is 0.262 e. The van der Waals surface area contributed by atoms with Gasteiger partial charge in [0.05, 0.1) is 17.7 Å². The Morgan fingerprint density at radius 2 is 1.64 bits per heavy atom. The van der Waals surface area contributed by atoms with E-state index in [0.717, 1.165) is 5.56 Å². The molecule has 8 nitrogen and oxygen atoms in total. The summed E-state index contributed by atoms with van der Waals surface area (Å²) in [5.41, 5.74) is 2.21. The van der Waals surface area contributed by atoms with Crippen LogP contribution < -0.4 is 20.1 Å². The van der Waals surface area contributed by atoms with Crippen molar-refractivity contribution in [3.05, 3.63) is 89.0 Å². The Kier molecular flexibility index (Phi) is 7.34. The van der Waals surface area contributed by atoms with Crippen LogP contribution in [0, 0.1) is 6.92 Å². The SMILES string of the molecule is CNC(=O)c1cccc(CNC(=O)c2ccc(C)c(S(=O)(=O)Nc3ccccc3OC)c2)c1. The number of hydrogen-bond acceptors (Lipinski definition) is 5. The number of amides is 2. The lowest BCUT2D eigenvalue weighted by Crippen LogP contribution is -2.24. The number of aryl methyl sites for hydroxylation is 1. The molecule has 0 bridgehead atoms. The zero-order valence-electron chi connectivity index (χ0n) is 18.5. The quantitative estimate of drug-likeness (QED) is 0.471. The third kappa shape index (κ3) is 5.69. The minimum Gasteiger partial charge on any atom is -0.495 e. The van der Waals surface area contributed by atoms with Crippen LogP contribution in [0.3, 0.4) is 0 Å². The highest BCUT2D eigenvalue weighted by molar-refractivity contribution is 7.92. The minimum atomic E-state index is -3.97. The zero-order valence-corrected chi connectivity index (χ0v) is 19.3. The summed E-state index contributed by atoms with van der Waals surface area (Å²) in [6.45, 7) is 1.84. The Morgan fingerprint density at radius 1 is 0.909 bits per heavy atom. The molecule has 9 heteroatoms. The van der Waals surface area contributed by atoms with Crippen LogP contribution in [-0.4, -0.2) is 34.4 Å². The van der Waals surface area contributed by atoms with E-state index in [1.165, 1.54) is 13.2 Å². The van der Waals surface area contributed by atoms with Gasteiger partial charge >= 0.3 is 0 Å². The third-order valence-electron chi connectivity index (χ3n) is 4.96. The van der Waals surface area contributed by atoms with Gasteiger partial charge < -0.3 is 15.4 Å². The van der Waals surface area contributed by atoms with E-state index in [9.17, 15) is 18.0 Å². The fraction of sp³-hybridized carbons (Fsp3) is 0.167. The van der Waals surface area contributed by atoms with Gasteiger partial charge in [-0.15, -0.1) is 0 Å². The minimum absolute atomic E-state index is 0.0114. The lowest BCUT2D eigenvalue weighted by atomic mass is 10.1. The Hall–Kier alpha value is -3.85. The molecule has 3 aromatic carbocycles. The van der Waals surface area contributed by atoms with E-state index in [1.807, 2.05) is 0 Å². The zero-order chi connectivity index (χ0) is 24.0. The summed E-state index contributed by atoms with van der Waals surface area (Å²) in [5, 5.41) is 5.31. The molecule has 172 valence electrons. The van der Waals surface area contributed by atoms with Crippen LogP contribution in [0.2, 0.25) is 0 Å². The van der Waals surface area contributed by atoms with E-state index >= 15 is 0 Å². The summed E-state index contributed by atoms with van der Waals surface area (Å²) in [5.74, 6) is -0.278. The topological polar surface area (TPSA) is 114 Å². The highest BCUT2D eigenvalue weighted by Gasteiger charge is 2.21. The van der Waals surface area contributed by atoms with Crippen molar-refractivity contribution in [3.8, 4) is 5.75 Å². The molecule has 0 saturated carbocycles. The maximum atomic E-state index is 13.0. The number of rotatable bonds is 8. The van der Waals surface area contributed by atoms with Gasteiger partial charge in [0, 0.05) is 24.7 Å². The van der Waals surface area contributed by atoms with Gasteiger partial charge in [0.2, 0.25) is 0 Å². The first-order chi connectivity index (χ1) is 15.7. The fourth-order valence-corrected chi connectivity index (χ4v) is 4.55. The monoisotopic (exact) mass is 467 g/mol. The molecule has 0 radical (unpaired) electrons. The van der Waals surface area contributed by atoms with E-state index in [-0.39, 0.29) is 22.9 Å². The Balaban J connectivity index is 1.79. The first-order valence-corrected chi connectivity index (χ1v) is 11.6. The molecule has 0 aromatic heterocycles. The molecular formula is C24H25N3O5S. The standard InChI is InChI=1S/C24H25N3O5S/c1-16-11-12-19(24(29)26-15-17-7-6-8-18(13-17)23(28)25-2)14-22(16)33(30,31)27-20-9-4-5-10-21(20)32-3/h4-14,27H,15H2,1-3H3,(H,25,28)(H,26,29). The fourth-order valence-electron chi connectivity index (χ4n) is 3.21. The second-order valence-corrected chi connectivity index (χ2v) is 8.90. The maximum absolute atomic E-state index is 13.0. The van der Waals surface area contributed by atoms with E-state index in [2.05, 4.69) is 15.4 Å². The first kappa shape index (κ1) is 23.8. The largest absolute Gasteiger partial charge is 0.495 e. The number of ether oxygens (including phenoxy) is 1. The molecule has 33 heavy (non-hydrogen) atoms. The van der Waals surface area contributed by atoms with Gasteiger partial charge in [-0.05, 0) is 54.4 Å². The molecule has 3 rings (SSSR count). The number of anilines is 1. The number of carbonyl (C=O) groups excluding carboxylic acids is 2. The predicted octanol–water partition coefficient (Wildman–Crippen LogP) is 3.09. The van der Waals surface area contributed by atoms with Crippen LogP contribution in [0.5, 0.6) is 5.75 Å². The van der Waals surface area contributed by atoms with Crippen molar-refractivity contribution < 1.29 is 22.7 Å². The Labute approximate surface area is 193 Å². The smallest absolute Gasteiger partial charge is 0.262 e. The average molecular weight is 468 g/mol. The van der Waals surface area contributed by atoms with Crippen LogP contribution in [0.25, 0.3) is 0 Å². The van der Waals surface area contributed by atoms with E-state index < -0.39 is 15.9 Å². The first-order valence-electron chi connectivity index (χ1n) is 10.1. The van der Waals surface area contributed by atoms with Gasteiger partial charge in [-0.25, -0.2) is 8.42 Å². The van der Waals surface area contributed by atoms with Gasteiger partial charge in [-0.2, -0.15) is 0 Å². The summed E-state index contributed by atoms with van der Waals surface area (Å²) in [7, 11) is -0.976. The number of para-hydroxylation sites is 2. The van der Waals surface area contributed by atoms with Gasteiger partial charge in [-0.1, -0.05) is 30.3 Å². The van der Waals surface area contributed by atoms with Gasteiger partial charge in [0.25, 0.3) is 21.8 Å². The van der Waals surface area contributed by atoms with Gasteiger partial charge in [0.1, 0.15) is 5.75 Å². The molecule has 0 atom stereocenters. The van der Waals surface area contributed by atoms with Crippen molar-refractivity contribution in [2.45, 2.75) is 18.4 Å². The van der Waals surface area contributed by atoms with Crippen LogP contribution in [0.1, 0.15) is 31.8 Å². The molecule has 0 aliphatic heterocycles. The van der Waals surface area contributed by atoms with Crippen LogP contribution in [0.15, 0.2) is 71.6 Å². The number of carbonyl (C=O) groups is 2. The average Bonchev–Trinajstić information content (AvgIpc) is 2.82. The van der Waals surface area contributed by atoms with Crippen molar-refractivity contribution >= 4 is 27.5 Å². The summed E-state index contributed by atoms with van der Waals surface area (Å²) < 4.78 is 33.8. The molecule has 0 heterocycles.